The number of carbonyl (C=O) groups excluding carboxylic acids is 1. The van der Waals surface area contributed by atoms with Crippen molar-refractivity contribution in [2.24, 2.45) is 0 Å². The molecule has 146 valence electrons. The summed E-state index contributed by atoms with van der Waals surface area (Å²) in [5.74, 6) is 0.135. The first kappa shape index (κ1) is 18.2. The van der Waals surface area contributed by atoms with Crippen molar-refractivity contribution in [2.75, 3.05) is 13.1 Å². The number of aromatic nitrogens is 4. The number of likely N-dealkylation sites (tertiary alicyclic amines) is 1. The number of fused-ring (bicyclic) bond motifs is 1. The van der Waals surface area contributed by atoms with Crippen LogP contribution in [0.4, 0.5) is 0 Å². The summed E-state index contributed by atoms with van der Waals surface area (Å²) >= 11 is 0. The number of carboxylic acids is 1. The highest BCUT2D eigenvalue weighted by molar-refractivity contribution is 5.82. The van der Waals surface area contributed by atoms with E-state index < -0.39 is 5.97 Å². The SMILES string of the molecule is Cc1nc2ccc(CC(=O)N3CCCC(c4ccnn4CC(=O)O)C3)cc2[nH]1. The molecule has 1 saturated heterocycles. The van der Waals surface area contributed by atoms with E-state index in [2.05, 4.69) is 15.1 Å². The molecule has 1 fully saturated rings. The summed E-state index contributed by atoms with van der Waals surface area (Å²) in [4.78, 5) is 33.4. The van der Waals surface area contributed by atoms with Gasteiger partial charge < -0.3 is 15.0 Å². The first-order valence-electron chi connectivity index (χ1n) is 9.46. The first-order chi connectivity index (χ1) is 13.5. The van der Waals surface area contributed by atoms with Gasteiger partial charge in [-0.2, -0.15) is 5.10 Å². The third-order valence-corrected chi connectivity index (χ3v) is 5.25. The molecule has 2 aromatic heterocycles. The Morgan fingerprint density at radius 3 is 3.00 bits per heavy atom. The zero-order valence-electron chi connectivity index (χ0n) is 15.8. The molecule has 4 rings (SSSR count). The normalized spacial score (nSPS) is 17.2. The van der Waals surface area contributed by atoms with Crippen LogP contribution >= 0.6 is 0 Å². The summed E-state index contributed by atoms with van der Waals surface area (Å²) in [5.41, 5.74) is 3.68. The van der Waals surface area contributed by atoms with Crippen LogP contribution in [-0.4, -0.2) is 54.7 Å². The number of hydrogen-bond acceptors (Lipinski definition) is 4. The molecule has 0 aliphatic carbocycles. The Kier molecular flexibility index (Phi) is 4.85. The first-order valence-corrected chi connectivity index (χ1v) is 9.46. The molecule has 1 atom stereocenters. The van der Waals surface area contributed by atoms with Gasteiger partial charge in [0.15, 0.2) is 0 Å². The van der Waals surface area contributed by atoms with Gasteiger partial charge in [-0.3, -0.25) is 14.3 Å². The van der Waals surface area contributed by atoms with Gasteiger partial charge in [0.25, 0.3) is 0 Å². The number of aryl methyl sites for hydroxylation is 1. The van der Waals surface area contributed by atoms with Crippen molar-refractivity contribution in [1.29, 1.82) is 0 Å². The molecule has 3 aromatic rings. The van der Waals surface area contributed by atoms with Crippen LogP contribution in [0.2, 0.25) is 0 Å². The van der Waals surface area contributed by atoms with E-state index >= 15 is 0 Å². The molecule has 1 aliphatic heterocycles. The van der Waals surface area contributed by atoms with Crippen molar-refractivity contribution in [2.45, 2.75) is 38.6 Å². The molecule has 0 spiro atoms. The Morgan fingerprint density at radius 1 is 1.32 bits per heavy atom. The molecule has 8 heteroatoms. The summed E-state index contributed by atoms with van der Waals surface area (Å²) in [6.45, 7) is 3.08. The lowest BCUT2D eigenvalue weighted by Crippen LogP contribution is -2.40. The molecule has 3 heterocycles. The molecule has 8 nitrogen and oxygen atoms in total. The maximum Gasteiger partial charge on any atom is 0.325 e. The minimum absolute atomic E-state index is 0.0876. The summed E-state index contributed by atoms with van der Waals surface area (Å²) in [5, 5.41) is 13.2. The van der Waals surface area contributed by atoms with Gasteiger partial charge in [-0.1, -0.05) is 6.07 Å². The van der Waals surface area contributed by atoms with Gasteiger partial charge in [-0.05, 0) is 43.5 Å². The molecule has 1 aromatic carbocycles. The van der Waals surface area contributed by atoms with Crippen molar-refractivity contribution in [3.63, 3.8) is 0 Å². The fourth-order valence-electron chi connectivity index (χ4n) is 3.98. The quantitative estimate of drug-likeness (QED) is 0.704. The van der Waals surface area contributed by atoms with Crippen LogP contribution in [0.3, 0.4) is 0 Å². The lowest BCUT2D eigenvalue weighted by Gasteiger charge is -2.33. The molecule has 0 bridgehead atoms. The van der Waals surface area contributed by atoms with Crippen molar-refractivity contribution >= 4 is 22.9 Å². The number of rotatable bonds is 5. The average molecular weight is 381 g/mol. The lowest BCUT2D eigenvalue weighted by atomic mass is 9.94. The second-order valence-electron chi connectivity index (χ2n) is 7.34. The largest absolute Gasteiger partial charge is 0.480 e. The Labute approximate surface area is 162 Å². The Bertz CT molecular complexity index is 1020. The van der Waals surface area contributed by atoms with Gasteiger partial charge in [-0.25, -0.2) is 4.98 Å². The van der Waals surface area contributed by atoms with Crippen LogP contribution < -0.4 is 0 Å². The van der Waals surface area contributed by atoms with Crippen LogP contribution in [0.5, 0.6) is 0 Å². The number of piperidine rings is 1. The van der Waals surface area contributed by atoms with Crippen LogP contribution in [0.15, 0.2) is 30.5 Å². The Balaban J connectivity index is 1.45. The number of aromatic amines is 1. The highest BCUT2D eigenvalue weighted by Gasteiger charge is 2.27. The van der Waals surface area contributed by atoms with Crippen LogP contribution in [0.25, 0.3) is 11.0 Å². The average Bonchev–Trinajstić information content (AvgIpc) is 3.26. The van der Waals surface area contributed by atoms with E-state index in [9.17, 15) is 9.59 Å². The van der Waals surface area contributed by atoms with Gasteiger partial charge >= 0.3 is 5.97 Å². The Hall–Kier alpha value is -3.16. The van der Waals surface area contributed by atoms with Gasteiger partial charge in [0.2, 0.25) is 5.91 Å². The van der Waals surface area contributed by atoms with Crippen LogP contribution in [-0.2, 0) is 22.6 Å². The molecule has 2 N–H and O–H groups in total. The molecule has 28 heavy (non-hydrogen) atoms. The molecule has 1 amide bonds. The molecule has 1 aliphatic rings. The highest BCUT2D eigenvalue weighted by atomic mass is 16.4. The standard InChI is InChI=1S/C20H23N5O3/c1-13-22-16-5-4-14(9-17(16)23-13)10-19(26)24-8-2-3-15(11-24)18-6-7-21-25(18)12-20(27)28/h4-7,9,15H,2-3,8,10-12H2,1H3,(H,22,23)(H,27,28). The zero-order valence-corrected chi connectivity index (χ0v) is 15.8. The number of H-pyrrole nitrogens is 1. The van der Waals surface area contributed by atoms with Gasteiger partial charge in [0.05, 0.1) is 17.5 Å². The van der Waals surface area contributed by atoms with Crippen molar-refractivity contribution in [3.8, 4) is 0 Å². The lowest BCUT2D eigenvalue weighted by molar-refractivity contribution is -0.138. The molecular formula is C20H23N5O3. The van der Waals surface area contributed by atoms with Crippen molar-refractivity contribution < 1.29 is 14.7 Å². The van der Waals surface area contributed by atoms with Crippen molar-refractivity contribution in [1.82, 2.24) is 24.6 Å². The number of amides is 1. The smallest absolute Gasteiger partial charge is 0.325 e. The molecule has 0 saturated carbocycles. The number of carbonyl (C=O) groups is 2. The van der Waals surface area contributed by atoms with E-state index in [0.29, 0.717) is 13.0 Å². The number of nitrogens with one attached hydrogen (secondary N) is 1. The summed E-state index contributed by atoms with van der Waals surface area (Å²) in [6, 6.07) is 7.72. The topological polar surface area (TPSA) is 104 Å². The summed E-state index contributed by atoms with van der Waals surface area (Å²) in [7, 11) is 0. The summed E-state index contributed by atoms with van der Waals surface area (Å²) < 4.78 is 1.52. The van der Waals surface area contributed by atoms with Crippen LogP contribution in [0, 0.1) is 6.92 Å². The maximum absolute atomic E-state index is 12.9. The maximum atomic E-state index is 12.9. The fourth-order valence-corrected chi connectivity index (χ4v) is 3.98. The van der Waals surface area contributed by atoms with E-state index in [4.69, 9.17) is 5.11 Å². The number of aliphatic carboxylic acids is 1. The number of nitrogens with zero attached hydrogens (tertiary/aromatic N) is 4. The van der Waals surface area contributed by atoms with E-state index in [1.807, 2.05) is 36.1 Å². The second-order valence-corrected chi connectivity index (χ2v) is 7.34. The van der Waals surface area contributed by atoms with Gasteiger partial charge in [-0.15, -0.1) is 0 Å². The van der Waals surface area contributed by atoms with Crippen molar-refractivity contribution in [3.05, 3.63) is 47.5 Å². The number of imidazole rings is 1. The van der Waals surface area contributed by atoms with E-state index in [1.165, 1.54) is 4.68 Å². The molecular weight excluding hydrogens is 358 g/mol. The number of benzene rings is 1. The van der Waals surface area contributed by atoms with E-state index in [1.54, 1.807) is 6.20 Å². The minimum atomic E-state index is -0.918. The Morgan fingerprint density at radius 2 is 2.18 bits per heavy atom. The minimum Gasteiger partial charge on any atom is -0.480 e. The second kappa shape index (κ2) is 7.46. The third-order valence-electron chi connectivity index (χ3n) is 5.25. The third kappa shape index (κ3) is 3.76. The van der Waals surface area contributed by atoms with Gasteiger partial charge in [0, 0.05) is 30.9 Å². The number of hydrogen-bond donors (Lipinski definition) is 2. The monoisotopic (exact) mass is 381 g/mol. The zero-order chi connectivity index (χ0) is 19.7. The van der Waals surface area contributed by atoms with Crippen LogP contribution in [0.1, 0.15) is 35.8 Å². The predicted molar refractivity (Wildman–Crippen MR) is 103 cm³/mol. The van der Waals surface area contributed by atoms with E-state index in [-0.39, 0.29) is 18.4 Å². The predicted octanol–water partition coefficient (Wildman–Crippen LogP) is 2.10. The number of carboxylic acid groups (broad SMARTS) is 1. The molecule has 1 unspecified atom stereocenters. The van der Waals surface area contributed by atoms with E-state index in [0.717, 1.165) is 47.5 Å². The van der Waals surface area contributed by atoms with Gasteiger partial charge in [0.1, 0.15) is 12.4 Å². The fraction of sp³-hybridized carbons (Fsp3) is 0.400. The molecule has 0 radical (unpaired) electrons. The summed E-state index contributed by atoms with van der Waals surface area (Å²) in [6.07, 6.45) is 3.79. The highest BCUT2D eigenvalue weighted by Crippen LogP contribution is 2.27.